The van der Waals surface area contributed by atoms with Crippen LogP contribution in [-0.2, 0) is 17.9 Å². The molecule has 0 fully saturated rings. The number of ether oxygens (including phenoxy) is 1. The summed E-state index contributed by atoms with van der Waals surface area (Å²) in [6, 6.07) is 7.78. The van der Waals surface area contributed by atoms with Crippen molar-refractivity contribution in [2.24, 2.45) is 5.73 Å². The highest BCUT2D eigenvalue weighted by Gasteiger charge is 2.08. The van der Waals surface area contributed by atoms with Gasteiger partial charge in [0, 0.05) is 18.7 Å². The first kappa shape index (κ1) is 12.7. The first-order valence-electron chi connectivity index (χ1n) is 6.03. The molecule has 18 heavy (non-hydrogen) atoms. The van der Waals surface area contributed by atoms with Crippen molar-refractivity contribution in [3.63, 3.8) is 0 Å². The molecule has 96 valence electrons. The summed E-state index contributed by atoms with van der Waals surface area (Å²) >= 11 is 0. The van der Waals surface area contributed by atoms with E-state index in [4.69, 9.17) is 15.0 Å². The van der Waals surface area contributed by atoms with Gasteiger partial charge in [-0.1, -0.05) is 36.3 Å². The zero-order chi connectivity index (χ0) is 12.8. The minimum Gasteiger partial charge on any atom is -0.372 e. The van der Waals surface area contributed by atoms with Gasteiger partial charge >= 0.3 is 0 Å². The minimum atomic E-state index is 0.363. The van der Waals surface area contributed by atoms with Gasteiger partial charge in [-0.05, 0) is 12.0 Å². The number of nitrogens with two attached hydrogens (primary N) is 1. The number of aromatic nitrogens is 2. The molecule has 0 saturated heterocycles. The van der Waals surface area contributed by atoms with Crippen molar-refractivity contribution in [1.82, 2.24) is 10.1 Å². The molecule has 5 heteroatoms. The fourth-order valence-corrected chi connectivity index (χ4v) is 1.52. The van der Waals surface area contributed by atoms with Gasteiger partial charge in [0.25, 0.3) is 5.89 Å². The number of hydrogen-bond donors (Lipinski definition) is 1. The molecule has 0 bridgehead atoms. The summed E-state index contributed by atoms with van der Waals surface area (Å²) in [7, 11) is 0. The topological polar surface area (TPSA) is 74.2 Å². The van der Waals surface area contributed by atoms with E-state index < -0.39 is 0 Å². The van der Waals surface area contributed by atoms with Gasteiger partial charge in [0.05, 0.1) is 0 Å². The zero-order valence-electron chi connectivity index (χ0n) is 10.4. The largest absolute Gasteiger partial charge is 0.372 e. The van der Waals surface area contributed by atoms with Gasteiger partial charge in [0.15, 0.2) is 0 Å². The Bertz CT molecular complexity index is 479. The summed E-state index contributed by atoms with van der Waals surface area (Å²) < 4.78 is 10.5. The summed E-state index contributed by atoms with van der Waals surface area (Å²) in [5.74, 6) is 1.08. The molecular formula is C13H17N3O2. The maximum atomic E-state index is 5.54. The molecule has 0 amide bonds. The monoisotopic (exact) mass is 247 g/mol. The van der Waals surface area contributed by atoms with E-state index in [1.54, 1.807) is 0 Å². The summed E-state index contributed by atoms with van der Waals surface area (Å²) in [5.41, 5.74) is 7.54. The van der Waals surface area contributed by atoms with E-state index in [2.05, 4.69) is 17.1 Å². The Morgan fingerprint density at radius 3 is 2.72 bits per heavy atom. The zero-order valence-corrected chi connectivity index (χ0v) is 10.4. The molecule has 1 aromatic carbocycles. The van der Waals surface area contributed by atoms with Crippen molar-refractivity contribution in [1.29, 1.82) is 0 Å². The molecule has 1 aromatic heterocycles. The van der Waals surface area contributed by atoms with E-state index in [1.165, 1.54) is 0 Å². The Labute approximate surface area is 106 Å². The maximum absolute atomic E-state index is 5.54. The van der Waals surface area contributed by atoms with Crippen molar-refractivity contribution in [2.75, 3.05) is 6.61 Å². The average Bonchev–Trinajstić information content (AvgIpc) is 2.88. The SMILES string of the molecule is CCCOCc1nc(-c2ccc(CN)cc2)no1. The molecule has 0 radical (unpaired) electrons. The lowest BCUT2D eigenvalue weighted by Crippen LogP contribution is -1.95. The Hall–Kier alpha value is -1.72. The predicted octanol–water partition coefficient (Wildman–Crippen LogP) is 2.12. The third kappa shape index (κ3) is 3.15. The van der Waals surface area contributed by atoms with Gasteiger partial charge in [-0.3, -0.25) is 0 Å². The second-order valence-corrected chi connectivity index (χ2v) is 3.97. The quantitative estimate of drug-likeness (QED) is 0.791. The van der Waals surface area contributed by atoms with E-state index in [0.717, 1.165) is 17.5 Å². The van der Waals surface area contributed by atoms with E-state index in [-0.39, 0.29) is 0 Å². The number of hydrogen-bond acceptors (Lipinski definition) is 5. The highest BCUT2D eigenvalue weighted by Crippen LogP contribution is 2.16. The Kier molecular flexibility index (Phi) is 4.44. The Morgan fingerprint density at radius 1 is 1.28 bits per heavy atom. The normalized spacial score (nSPS) is 10.8. The van der Waals surface area contributed by atoms with Crippen LogP contribution < -0.4 is 5.73 Å². The molecule has 0 aliphatic rings. The predicted molar refractivity (Wildman–Crippen MR) is 67.6 cm³/mol. The second-order valence-electron chi connectivity index (χ2n) is 3.97. The molecule has 0 aliphatic heterocycles. The highest BCUT2D eigenvalue weighted by molar-refractivity contribution is 5.54. The molecule has 0 aliphatic carbocycles. The fourth-order valence-electron chi connectivity index (χ4n) is 1.52. The van der Waals surface area contributed by atoms with Gasteiger partial charge in [-0.15, -0.1) is 0 Å². The van der Waals surface area contributed by atoms with Gasteiger partial charge in [-0.25, -0.2) is 0 Å². The van der Waals surface area contributed by atoms with E-state index in [9.17, 15) is 0 Å². The molecule has 5 nitrogen and oxygen atoms in total. The third-order valence-electron chi connectivity index (χ3n) is 2.49. The molecule has 0 spiro atoms. The van der Waals surface area contributed by atoms with E-state index >= 15 is 0 Å². The fraction of sp³-hybridized carbons (Fsp3) is 0.385. The van der Waals surface area contributed by atoms with Crippen molar-refractivity contribution >= 4 is 0 Å². The minimum absolute atomic E-state index is 0.363. The molecule has 0 unspecified atom stereocenters. The highest BCUT2D eigenvalue weighted by atomic mass is 16.5. The van der Waals surface area contributed by atoms with Crippen LogP contribution in [0.5, 0.6) is 0 Å². The van der Waals surface area contributed by atoms with Crippen LogP contribution in [0, 0.1) is 0 Å². The molecular weight excluding hydrogens is 230 g/mol. The average molecular weight is 247 g/mol. The maximum Gasteiger partial charge on any atom is 0.252 e. The molecule has 1 heterocycles. The molecule has 0 atom stereocenters. The van der Waals surface area contributed by atoms with Crippen molar-refractivity contribution in [2.45, 2.75) is 26.5 Å². The Balaban J connectivity index is 2.04. The van der Waals surface area contributed by atoms with E-state index in [1.807, 2.05) is 24.3 Å². The molecule has 2 rings (SSSR count). The summed E-state index contributed by atoms with van der Waals surface area (Å²) in [4.78, 5) is 4.27. The summed E-state index contributed by atoms with van der Waals surface area (Å²) in [5, 5.41) is 3.92. The van der Waals surface area contributed by atoms with Gasteiger partial charge in [0.1, 0.15) is 6.61 Å². The van der Waals surface area contributed by atoms with E-state index in [0.29, 0.717) is 31.5 Å². The lowest BCUT2D eigenvalue weighted by atomic mass is 10.1. The van der Waals surface area contributed by atoms with Crippen molar-refractivity contribution < 1.29 is 9.26 Å². The number of nitrogens with zero attached hydrogens (tertiary/aromatic N) is 2. The van der Waals surface area contributed by atoms with Crippen LogP contribution in [-0.4, -0.2) is 16.7 Å². The van der Waals surface area contributed by atoms with Crippen LogP contribution in [0.25, 0.3) is 11.4 Å². The first-order chi connectivity index (χ1) is 8.83. The van der Waals surface area contributed by atoms with Crippen LogP contribution in [0.1, 0.15) is 24.8 Å². The summed E-state index contributed by atoms with van der Waals surface area (Å²) in [6.07, 6.45) is 0.974. The lowest BCUT2D eigenvalue weighted by molar-refractivity contribution is 0.0982. The molecule has 2 aromatic rings. The van der Waals surface area contributed by atoms with Crippen LogP contribution in [0.15, 0.2) is 28.8 Å². The molecule has 2 N–H and O–H groups in total. The first-order valence-corrected chi connectivity index (χ1v) is 6.03. The van der Waals surface area contributed by atoms with Crippen molar-refractivity contribution in [3.8, 4) is 11.4 Å². The lowest BCUT2D eigenvalue weighted by Gasteiger charge is -1.97. The van der Waals surface area contributed by atoms with Crippen LogP contribution in [0.3, 0.4) is 0 Å². The third-order valence-corrected chi connectivity index (χ3v) is 2.49. The van der Waals surface area contributed by atoms with Crippen LogP contribution in [0.2, 0.25) is 0 Å². The van der Waals surface area contributed by atoms with Crippen molar-refractivity contribution in [3.05, 3.63) is 35.7 Å². The van der Waals surface area contributed by atoms with Crippen LogP contribution >= 0.6 is 0 Å². The van der Waals surface area contributed by atoms with Gasteiger partial charge in [0.2, 0.25) is 5.82 Å². The molecule has 0 saturated carbocycles. The van der Waals surface area contributed by atoms with Gasteiger partial charge in [-0.2, -0.15) is 4.98 Å². The standard InChI is InChI=1S/C13H17N3O2/c1-2-7-17-9-12-15-13(16-18-12)11-5-3-10(8-14)4-6-11/h3-6H,2,7-9,14H2,1H3. The number of rotatable bonds is 6. The summed E-state index contributed by atoms with van der Waals surface area (Å²) in [6.45, 7) is 3.64. The smallest absolute Gasteiger partial charge is 0.252 e. The number of benzene rings is 1. The van der Waals surface area contributed by atoms with Crippen LogP contribution in [0.4, 0.5) is 0 Å². The van der Waals surface area contributed by atoms with Gasteiger partial charge < -0.3 is 15.0 Å². The second kappa shape index (κ2) is 6.28. The Morgan fingerprint density at radius 2 is 2.06 bits per heavy atom.